The van der Waals surface area contributed by atoms with Crippen LogP contribution in [0.5, 0.6) is 11.5 Å². The van der Waals surface area contributed by atoms with Crippen LogP contribution in [-0.4, -0.2) is 24.9 Å². The van der Waals surface area contributed by atoms with Crippen molar-refractivity contribution in [3.63, 3.8) is 0 Å². The topological polar surface area (TPSA) is 83.2 Å². The van der Waals surface area contributed by atoms with E-state index in [1.807, 2.05) is 6.92 Å². The lowest BCUT2D eigenvalue weighted by molar-refractivity contribution is -0.384. The minimum Gasteiger partial charge on any atom is -0.493 e. The number of oxime groups is 1. The van der Waals surface area contributed by atoms with E-state index in [4.69, 9.17) is 25.9 Å². The Bertz CT molecular complexity index is 780. The molecule has 0 fully saturated rings. The first-order valence-electron chi connectivity index (χ1n) is 7.44. The summed E-state index contributed by atoms with van der Waals surface area (Å²) in [4.78, 5) is 15.5. The highest BCUT2D eigenvalue weighted by atomic mass is 35.5. The Labute approximate surface area is 149 Å². The third-order valence-corrected chi connectivity index (χ3v) is 3.45. The van der Waals surface area contributed by atoms with E-state index in [0.717, 1.165) is 0 Å². The number of hydrogen-bond donors (Lipinski definition) is 0. The van der Waals surface area contributed by atoms with E-state index in [1.54, 1.807) is 24.3 Å². The average molecular weight is 365 g/mol. The van der Waals surface area contributed by atoms with Gasteiger partial charge in [0.1, 0.15) is 6.61 Å². The molecule has 0 spiro atoms. The molecule has 0 bridgehead atoms. The maximum Gasteiger partial charge on any atom is 0.269 e. The van der Waals surface area contributed by atoms with Crippen LogP contribution in [0.4, 0.5) is 5.69 Å². The summed E-state index contributed by atoms with van der Waals surface area (Å²) in [6, 6.07) is 9.57. The number of nitro groups is 1. The van der Waals surface area contributed by atoms with Gasteiger partial charge in [0.05, 0.1) is 29.9 Å². The zero-order chi connectivity index (χ0) is 18.2. The van der Waals surface area contributed by atoms with E-state index in [9.17, 15) is 10.1 Å². The molecule has 0 aliphatic heterocycles. The van der Waals surface area contributed by atoms with Crippen molar-refractivity contribution < 1.29 is 19.2 Å². The third-order valence-electron chi connectivity index (χ3n) is 3.17. The monoisotopic (exact) mass is 364 g/mol. The fourth-order valence-corrected chi connectivity index (χ4v) is 2.34. The maximum absolute atomic E-state index is 10.7. The van der Waals surface area contributed by atoms with E-state index in [-0.39, 0.29) is 12.3 Å². The van der Waals surface area contributed by atoms with Gasteiger partial charge in [0, 0.05) is 17.7 Å². The highest BCUT2D eigenvalue weighted by Crippen LogP contribution is 2.36. The summed E-state index contributed by atoms with van der Waals surface area (Å²) in [5.74, 6) is 0.968. The number of halogens is 1. The van der Waals surface area contributed by atoms with Crippen molar-refractivity contribution in [1.29, 1.82) is 0 Å². The van der Waals surface area contributed by atoms with Crippen molar-refractivity contribution >= 4 is 23.5 Å². The van der Waals surface area contributed by atoms with E-state index in [1.165, 1.54) is 25.5 Å². The van der Waals surface area contributed by atoms with E-state index >= 15 is 0 Å². The summed E-state index contributed by atoms with van der Waals surface area (Å²) >= 11 is 6.18. The Hall–Kier alpha value is -2.80. The molecular formula is C17H17ClN2O5. The average Bonchev–Trinajstić information content (AvgIpc) is 2.61. The zero-order valence-electron chi connectivity index (χ0n) is 13.8. The van der Waals surface area contributed by atoms with Crippen molar-refractivity contribution in [2.45, 2.75) is 13.5 Å². The summed E-state index contributed by atoms with van der Waals surface area (Å²) in [6.07, 6.45) is 1.47. The molecule has 0 aliphatic rings. The van der Waals surface area contributed by atoms with Gasteiger partial charge < -0.3 is 14.3 Å². The largest absolute Gasteiger partial charge is 0.493 e. The normalized spacial score (nSPS) is 10.7. The van der Waals surface area contributed by atoms with Crippen molar-refractivity contribution in [2.75, 3.05) is 13.7 Å². The summed E-state index contributed by atoms with van der Waals surface area (Å²) in [5.41, 5.74) is 1.33. The van der Waals surface area contributed by atoms with Crippen LogP contribution < -0.4 is 9.47 Å². The molecule has 2 rings (SSSR count). The molecule has 132 valence electrons. The first-order valence-corrected chi connectivity index (χ1v) is 7.82. The van der Waals surface area contributed by atoms with Gasteiger partial charge >= 0.3 is 0 Å². The summed E-state index contributed by atoms with van der Waals surface area (Å²) in [6.45, 7) is 2.43. The van der Waals surface area contributed by atoms with Crippen LogP contribution >= 0.6 is 11.6 Å². The highest BCUT2D eigenvalue weighted by Gasteiger charge is 2.11. The molecule has 0 saturated carbocycles. The number of nitrogens with zero attached hydrogens (tertiary/aromatic N) is 2. The second-order valence-electron chi connectivity index (χ2n) is 4.90. The Kier molecular flexibility index (Phi) is 6.59. The van der Waals surface area contributed by atoms with Crippen LogP contribution in [0.3, 0.4) is 0 Å². The van der Waals surface area contributed by atoms with Crippen LogP contribution in [-0.2, 0) is 11.4 Å². The molecule has 8 heteroatoms. The number of ether oxygens (including phenoxy) is 2. The van der Waals surface area contributed by atoms with Crippen LogP contribution in [0, 0.1) is 10.1 Å². The summed E-state index contributed by atoms with van der Waals surface area (Å²) in [5, 5.41) is 15.0. The van der Waals surface area contributed by atoms with E-state index < -0.39 is 4.92 Å². The second-order valence-corrected chi connectivity index (χ2v) is 5.31. The van der Waals surface area contributed by atoms with Gasteiger partial charge in [-0.3, -0.25) is 10.1 Å². The maximum atomic E-state index is 10.7. The molecule has 0 heterocycles. The summed E-state index contributed by atoms with van der Waals surface area (Å²) < 4.78 is 10.7. The fourth-order valence-electron chi connectivity index (χ4n) is 2.07. The second kappa shape index (κ2) is 8.89. The number of benzene rings is 2. The highest BCUT2D eigenvalue weighted by molar-refractivity contribution is 6.32. The predicted molar refractivity (Wildman–Crippen MR) is 94.7 cm³/mol. The molecule has 0 radical (unpaired) electrons. The van der Waals surface area contributed by atoms with Gasteiger partial charge in [0.15, 0.2) is 11.5 Å². The number of hydrogen-bond acceptors (Lipinski definition) is 6. The molecule has 0 N–H and O–H groups in total. The van der Waals surface area contributed by atoms with Gasteiger partial charge in [-0.05, 0) is 24.6 Å². The molecule has 0 atom stereocenters. The predicted octanol–water partition coefficient (Wildman–Crippen LogP) is 4.21. The minimum atomic E-state index is -0.457. The van der Waals surface area contributed by atoms with Crippen molar-refractivity contribution in [3.8, 4) is 11.5 Å². The van der Waals surface area contributed by atoms with Gasteiger partial charge in [-0.1, -0.05) is 28.9 Å². The van der Waals surface area contributed by atoms with Gasteiger partial charge in [-0.15, -0.1) is 0 Å². The number of nitro benzene ring substituents is 1. The lowest BCUT2D eigenvalue weighted by Gasteiger charge is -2.11. The van der Waals surface area contributed by atoms with Crippen LogP contribution in [0.15, 0.2) is 41.6 Å². The zero-order valence-corrected chi connectivity index (χ0v) is 14.5. The number of rotatable bonds is 8. The van der Waals surface area contributed by atoms with Gasteiger partial charge in [0.25, 0.3) is 5.69 Å². The van der Waals surface area contributed by atoms with Crippen molar-refractivity contribution in [3.05, 3.63) is 62.7 Å². The SMILES string of the molecule is CCOc1c(Cl)cc(/C=N\OCc2cccc([N+](=O)[O-])c2)cc1OC. The van der Waals surface area contributed by atoms with E-state index in [2.05, 4.69) is 5.16 Å². The molecule has 0 amide bonds. The molecule has 0 saturated heterocycles. The smallest absolute Gasteiger partial charge is 0.269 e. The molecule has 0 aliphatic carbocycles. The minimum absolute atomic E-state index is 0.00751. The lowest BCUT2D eigenvalue weighted by Crippen LogP contribution is -1.98. The number of methoxy groups -OCH3 is 1. The molecule has 0 unspecified atom stereocenters. The molecule has 7 nitrogen and oxygen atoms in total. The molecule has 2 aromatic carbocycles. The van der Waals surface area contributed by atoms with Crippen LogP contribution in [0.25, 0.3) is 0 Å². The van der Waals surface area contributed by atoms with Gasteiger partial charge in [-0.25, -0.2) is 0 Å². The molecule has 25 heavy (non-hydrogen) atoms. The Morgan fingerprint density at radius 1 is 1.32 bits per heavy atom. The summed E-state index contributed by atoms with van der Waals surface area (Å²) in [7, 11) is 1.52. The van der Waals surface area contributed by atoms with Crippen LogP contribution in [0.2, 0.25) is 5.02 Å². The first-order chi connectivity index (χ1) is 12.0. The first kappa shape index (κ1) is 18.5. The third kappa shape index (κ3) is 5.09. The molecule has 0 aromatic heterocycles. The lowest BCUT2D eigenvalue weighted by atomic mass is 10.2. The quantitative estimate of drug-likeness (QED) is 0.398. The standard InChI is InChI=1S/C17H17ClN2O5/c1-3-24-17-15(18)8-13(9-16(17)23-2)10-19-25-11-12-5-4-6-14(7-12)20(21)22/h4-10H,3,11H2,1-2H3/b19-10-. The molecule has 2 aromatic rings. The molecular weight excluding hydrogens is 348 g/mol. The Morgan fingerprint density at radius 2 is 2.12 bits per heavy atom. The van der Waals surface area contributed by atoms with Gasteiger partial charge in [0.2, 0.25) is 0 Å². The fraction of sp³-hybridized carbons (Fsp3) is 0.235. The van der Waals surface area contributed by atoms with E-state index in [0.29, 0.717) is 34.3 Å². The Balaban J connectivity index is 2.03. The van der Waals surface area contributed by atoms with Crippen molar-refractivity contribution in [2.24, 2.45) is 5.16 Å². The number of non-ortho nitro benzene ring substituents is 1. The van der Waals surface area contributed by atoms with Crippen molar-refractivity contribution in [1.82, 2.24) is 0 Å². The Morgan fingerprint density at radius 3 is 2.80 bits per heavy atom. The van der Waals surface area contributed by atoms with Gasteiger partial charge in [-0.2, -0.15) is 0 Å². The van der Waals surface area contributed by atoms with Crippen LogP contribution in [0.1, 0.15) is 18.1 Å².